The van der Waals surface area contributed by atoms with E-state index in [1.807, 2.05) is 54.6 Å². The molecular weight excluding hydrogens is 520 g/mol. The summed E-state index contributed by atoms with van der Waals surface area (Å²) in [4.78, 5) is 25.5. The first-order valence-electron chi connectivity index (χ1n) is 13.1. The van der Waals surface area contributed by atoms with Gasteiger partial charge in [0.05, 0.1) is 25.9 Å². The average molecular weight is 552 g/mol. The number of hydrogen-bond donors (Lipinski definition) is 3. The van der Waals surface area contributed by atoms with Crippen molar-refractivity contribution in [2.45, 2.75) is 36.9 Å². The van der Waals surface area contributed by atoms with E-state index >= 15 is 0 Å². The predicted molar refractivity (Wildman–Crippen MR) is 143 cm³/mol. The van der Waals surface area contributed by atoms with Gasteiger partial charge >= 0.3 is 6.03 Å². The number of rotatable bonds is 11. The summed E-state index contributed by atoms with van der Waals surface area (Å²) in [5.41, 5.74) is 1.06. The highest BCUT2D eigenvalue weighted by atomic mass is 19.1. The number of benzene rings is 3. The molecule has 3 aromatic carbocycles. The van der Waals surface area contributed by atoms with Crippen molar-refractivity contribution in [2.75, 3.05) is 26.9 Å². The number of ether oxygens (including phenoxy) is 3. The third-order valence-corrected chi connectivity index (χ3v) is 7.22. The van der Waals surface area contributed by atoms with E-state index in [9.17, 15) is 18.4 Å². The molecule has 0 radical (unpaired) electrons. The molecule has 210 valence electrons. The quantitative estimate of drug-likeness (QED) is 0.311. The molecule has 8 nitrogen and oxygen atoms in total. The lowest BCUT2D eigenvalue weighted by Crippen LogP contribution is -2.50. The van der Waals surface area contributed by atoms with Gasteiger partial charge in [0.15, 0.2) is 0 Å². The highest BCUT2D eigenvalue weighted by Crippen LogP contribution is 2.46. The molecule has 10 heteroatoms. The summed E-state index contributed by atoms with van der Waals surface area (Å²) in [7, 11) is 1.31. The standard InChI is InChI=1S/C30H31F2N3O5/c1-38-22-15-24(31)26(25(32)16-22)23-17-33-28(36)27(23)34-29(37)35-30(10-11-30)20-8-5-9-21(14-20)40-13-12-39-18-19-6-3-2-4-7-19/h2-9,14-16,23,27H,10-13,17-18H2,1H3,(H,33,36)(H2,34,35,37)/t23-,27-/m0/s1. The molecule has 0 spiro atoms. The van der Waals surface area contributed by atoms with Crippen LogP contribution in [0.2, 0.25) is 0 Å². The van der Waals surface area contributed by atoms with Gasteiger partial charge in [-0.3, -0.25) is 4.79 Å². The van der Waals surface area contributed by atoms with Crippen molar-refractivity contribution in [3.05, 3.63) is 95.1 Å². The molecule has 1 saturated heterocycles. The van der Waals surface area contributed by atoms with Crippen LogP contribution in [0.25, 0.3) is 0 Å². The van der Waals surface area contributed by atoms with Crippen molar-refractivity contribution in [2.24, 2.45) is 0 Å². The van der Waals surface area contributed by atoms with Gasteiger partial charge in [0.25, 0.3) is 0 Å². The maximum Gasteiger partial charge on any atom is 0.316 e. The van der Waals surface area contributed by atoms with E-state index in [1.54, 1.807) is 0 Å². The zero-order valence-electron chi connectivity index (χ0n) is 22.0. The third-order valence-electron chi connectivity index (χ3n) is 7.22. The molecular formula is C30H31F2N3O5. The number of carbonyl (C=O) groups is 2. The molecule has 0 bridgehead atoms. The molecule has 2 atom stereocenters. The van der Waals surface area contributed by atoms with Crippen LogP contribution in [-0.2, 0) is 21.7 Å². The fourth-order valence-electron chi connectivity index (χ4n) is 4.96. The molecule has 0 unspecified atom stereocenters. The average Bonchev–Trinajstić information content (AvgIpc) is 3.65. The van der Waals surface area contributed by atoms with Gasteiger partial charge in [0, 0.05) is 30.2 Å². The Hall–Kier alpha value is -4.18. The first kappa shape index (κ1) is 27.4. The zero-order chi connectivity index (χ0) is 28.1. The van der Waals surface area contributed by atoms with E-state index in [1.165, 1.54) is 7.11 Å². The molecule has 1 aliphatic heterocycles. The fraction of sp³-hybridized carbons (Fsp3) is 0.333. The van der Waals surface area contributed by atoms with Gasteiger partial charge in [-0.15, -0.1) is 0 Å². The van der Waals surface area contributed by atoms with Gasteiger partial charge in [0.1, 0.15) is 35.8 Å². The second-order valence-corrected chi connectivity index (χ2v) is 9.93. The summed E-state index contributed by atoms with van der Waals surface area (Å²) in [5.74, 6) is -2.43. The number of urea groups is 1. The SMILES string of the molecule is COc1cc(F)c([C@@H]2CNC(=O)[C@H]2NC(=O)NC2(c3cccc(OCCOCc4ccccc4)c3)CC2)c(F)c1. The van der Waals surface area contributed by atoms with E-state index in [-0.39, 0.29) is 17.9 Å². The summed E-state index contributed by atoms with van der Waals surface area (Å²) >= 11 is 0. The monoisotopic (exact) mass is 551 g/mol. The Bertz CT molecular complexity index is 1340. The van der Waals surface area contributed by atoms with Crippen LogP contribution in [0.5, 0.6) is 11.5 Å². The van der Waals surface area contributed by atoms with Crippen molar-refractivity contribution in [1.29, 1.82) is 0 Å². The highest BCUT2D eigenvalue weighted by Gasteiger charge is 2.47. The van der Waals surface area contributed by atoms with E-state index in [4.69, 9.17) is 14.2 Å². The Balaban J connectivity index is 1.18. The summed E-state index contributed by atoms with van der Waals surface area (Å²) in [6.45, 7) is 1.28. The topological polar surface area (TPSA) is 97.9 Å². The first-order chi connectivity index (χ1) is 19.4. The van der Waals surface area contributed by atoms with Crippen LogP contribution in [0.4, 0.5) is 13.6 Å². The van der Waals surface area contributed by atoms with Gasteiger partial charge in [-0.25, -0.2) is 13.6 Å². The summed E-state index contributed by atoms with van der Waals surface area (Å²) in [5, 5.41) is 8.17. The van der Waals surface area contributed by atoms with Crippen LogP contribution in [0.3, 0.4) is 0 Å². The smallest absolute Gasteiger partial charge is 0.316 e. The van der Waals surface area contributed by atoms with Gasteiger partial charge in [0.2, 0.25) is 5.91 Å². The lowest BCUT2D eigenvalue weighted by Gasteiger charge is -2.23. The second kappa shape index (κ2) is 11.9. The van der Waals surface area contributed by atoms with Crippen LogP contribution < -0.4 is 25.4 Å². The minimum atomic E-state index is -1.14. The molecule has 2 aliphatic rings. The van der Waals surface area contributed by atoms with Crippen LogP contribution in [0.15, 0.2) is 66.7 Å². The lowest BCUT2D eigenvalue weighted by atomic mass is 9.92. The van der Waals surface area contributed by atoms with Crippen molar-refractivity contribution in [3.63, 3.8) is 0 Å². The molecule has 5 rings (SSSR count). The molecule has 0 aromatic heterocycles. The molecule has 1 aliphatic carbocycles. The van der Waals surface area contributed by atoms with E-state index < -0.39 is 41.1 Å². The maximum absolute atomic E-state index is 14.7. The Morgan fingerprint density at radius 2 is 1.75 bits per heavy atom. The predicted octanol–water partition coefficient (Wildman–Crippen LogP) is 4.14. The number of amides is 3. The number of nitrogens with one attached hydrogen (secondary N) is 3. The summed E-state index contributed by atoms with van der Waals surface area (Å²) < 4.78 is 45.9. The van der Waals surface area contributed by atoms with Gasteiger partial charge in [-0.2, -0.15) is 0 Å². The number of methoxy groups -OCH3 is 1. The molecule has 3 N–H and O–H groups in total. The van der Waals surface area contributed by atoms with Crippen molar-refractivity contribution in [3.8, 4) is 11.5 Å². The van der Waals surface area contributed by atoms with Crippen molar-refractivity contribution >= 4 is 11.9 Å². The second-order valence-electron chi connectivity index (χ2n) is 9.93. The molecule has 2 fully saturated rings. The number of hydrogen-bond acceptors (Lipinski definition) is 5. The molecule has 1 saturated carbocycles. The van der Waals surface area contributed by atoms with Crippen LogP contribution >= 0.6 is 0 Å². The van der Waals surface area contributed by atoms with Crippen LogP contribution in [0.1, 0.15) is 35.4 Å². The number of halogens is 2. The Morgan fingerprint density at radius 1 is 1.00 bits per heavy atom. The van der Waals surface area contributed by atoms with E-state index in [0.29, 0.717) is 38.4 Å². The zero-order valence-corrected chi connectivity index (χ0v) is 22.0. The molecule has 3 aromatic rings. The number of carbonyl (C=O) groups excluding carboxylic acids is 2. The molecule has 1 heterocycles. The minimum Gasteiger partial charge on any atom is -0.497 e. The Labute approximate surface area is 231 Å². The highest BCUT2D eigenvalue weighted by molar-refractivity contribution is 5.90. The Morgan fingerprint density at radius 3 is 2.45 bits per heavy atom. The van der Waals surface area contributed by atoms with Crippen molar-refractivity contribution in [1.82, 2.24) is 16.0 Å². The Kier molecular flexibility index (Phi) is 8.16. The van der Waals surface area contributed by atoms with Gasteiger partial charge in [-0.1, -0.05) is 42.5 Å². The summed E-state index contributed by atoms with van der Waals surface area (Å²) in [6.07, 6.45) is 1.40. The van der Waals surface area contributed by atoms with E-state index in [2.05, 4.69) is 16.0 Å². The molecule has 3 amide bonds. The first-order valence-corrected chi connectivity index (χ1v) is 13.1. The summed E-state index contributed by atoms with van der Waals surface area (Å²) in [6, 6.07) is 17.7. The van der Waals surface area contributed by atoms with Crippen LogP contribution in [0, 0.1) is 11.6 Å². The fourth-order valence-corrected chi connectivity index (χ4v) is 4.96. The van der Waals surface area contributed by atoms with Crippen molar-refractivity contribution < 1.29 is 32.6 Å². The van der Waals surface area contributed by atoms with Crippen LogP contribution in [-0.4, -0.2) is 44.8 Å². The normalized spacial score (nSPS) is 19.0. The van der Waals surface area contributed by atoms with E-state index in [0.717, 1.165) is 23.3 Å². The maximum atomic E-state index is 14.7. The lowest BCUT2D eigenvalue weighted by molar-refractivity contribution is -0.120. The third kappa shape index (κ3) is 6.17. The minimum absolute atomic E-state index is 0.0104. The van der Waals surface area contributed by atoms with Gasteiger partial charge in [-0.05, 0) is 36.1 Å². The largest absolute Gasteiger partial charge is 0.497 e. The van der Waals surface area contributed by atoms with Gasteiger partial charge < -0.3 is 30.2 Å². The molecule has 40 heavy (non-hydrogen) atoms.